The normalized spacial score (nSPS) is 13.9. The zero-order valence-electron chi connectivity index (χ0n) is 19.1. The van der Waals surface area contributed by atoms with E-state index in [4.69, 9.17) is 27.0 Å². The fourth-order valence-corrected chi connectivity index (χ4v) is 3.02. The molecule has 0 aromatic heterocycles. The standard InChI is InChI=1S/C22H22F3N5O2.C2H6/c1-2-14-3-6-18(17(24)13-14)29-20-15(4-5-16(23)19(20)25)21(26)32-22(27)28-7-8-30-9-11-31-12-10-30;1-2/h1,3-6,13,26,29H,7-12H2,(H2,27,28);1-2H3. The smallest absolute Gasteiger partial charge is 0.288 e. The molecule has 1 aliphatic heterocycles. The topological polar surface area (TPSA) is 96.0 Å². The van der Waals surface area contributed by atoms with Crippen molar-refractivity contribution in [3.05, 3.63) is 58.9 Å². The van der Waals surface area contributed by atoms with E-state index in [0.29, 0.717) is 26.3 Å². The Morgan fingerprint density at radius 2 is 1.91 bits per heavy atom. The zero-order valence-corrected chi connectivity index (χ0v) is 19.1. The molecule has 3 rings (SSSR count). The van der Waals surface area contributed by atoms with Crippen molar-refractivity contribution in [3.8, 4) is 12.3 Å². The second-order valence-corrected chi connectivity index (χ2v) is 6.85. The Bertz CT molecular complexity index is 1060. The van der Waals surface area contributed by atoms with Gasteiger partial charge in [0.1, 0.15) is 5.82 Å². The van der Waals surface area contributed by atoms with Gasteiger partial charge in [-0.1, -0.05) is 19.8 Å². The summed E-state index contributed by atoms with van der Waals surface area (Å²) < 4.78 is 53.1. The summed E-state index contributed by atoms with van der Waals surface area (Å²) in [6, 6.07) is 5.44. The molecule has 0 unspecified atom stereocenters. The first-order valence-electron chi connectivity index (χ1n) is 10.8. The van der Waals surface area contributed by atoms with Gasteiger partial charge in [-0.05, 0) is 30.3 Å². The number of halogens is 3. The lowest BCUT2D eigenvalue weighted by Gasteiger charge is -2.25. The Morgan fingerprint density at radius 1 is 1.21 bits per heavy atom. The highest BCUT2D eigenvalue weighted by Crippen LogP contribution is 2.28. The fraction of sp³-hybridized carbons (Fsp3) is 0.333. The summed E-state index contributed by atoms with van der Waals surface area (Å²) in [6.07, 6.45) is 5.23. The maximum absolute atomic E-state index is 14.5. The molecule has 0 atom stereocenters. The van der Waals surface area contributed by atoms with E-state index in [0.717, 1.165) is 31.3 Å². The Hall–Kier alpha value is -3.55. The number of terminal acetylenes is 1. The zero-order chi connectivity index (χ0) is 25.1. The molecule has 0 spiro atoms. The van der Waals surface area contributed by atoms with Crippen LogP contribution in [0.1, 0.15) is 25.0 Å². The molecular formula is C24H28F3N5O2. The molecule has 0 amide bonds. The monoisotopic (exact) mass is 475 g/mol. The maximum Gasteiger partial charge on any atom is 0.288 e. The minimum Gasteiger partial charge on any atom is -0.407 e. The molecule has 1 saturated heterocycles. The van der Waals surface area contributed by atoms with Gasteiger partial charge >= 0.3 is 0 Å². The minimum atomic E-state index is -1.31. The van der Waals surface area contributed by atoms with Crippen LogP contribution in [-0.4, -0.2) is 56.2 Å². The number of hydrogen-bond donors (Lipinski definition) is 3. The van der Waals surface area contributed by atoms with Gasteiger partial charge in [-0.2, -0.15) is 0 Å². The van der Waals surface area contributed by atoms with Crippen molar-refractivity contribution >= 4 is 23.3 Å². The van der Waals surface area contributed by atoms with E-state index in [1.54, 1.807) is 0 Å². The largest absolute Gasteiger partial charge is 0.407 e. The quantitative estimate of drug-likeness (QED) is 0.335. The molecule has 2 aromatic carbocycles. The van der Waals surface area contributed by atoms with E-state index in [1.165, 1.54) is 12.1 Å². The third-order valence-corrected chi connectivity index (χ3v) is 4.73. The van der Waals surface area contributed by atoms with Crippen molar-refractivity contribution in [2.45, 2.75) is 13.8 Å². The van der Waals surface area contributed by atoms with E-state index < -0.39 is 29.0 Å². The second-order valence-electron chi connectivity index (χ2n) is 6.85. The molecular weight excluding hydrogens is 447 g/mol. The summed E-state index contributed by atoms with van der Waals surface area (Å²) in [7, 11) is 0. The highest BCUT2D eigenvalue weighted by atomic mass is 19.2. The molecule has 7 nitrogen and oxygen atoms in total. The number of benzene rings is 2. The first-order valence-corrected chi connectivity index (χ1v) is 10.8. The number of ether oxygens (including phenoxy) is 2. The Labute approximate surface area is 197 Å². The molecule has 0 radical (unpaired) electrons. The van der Waals surface area contributed by atoms with Crippen LogP contribution in [0.3, 0.4) is 0 Å². The molecule has 1 fully saturated rings. The first-order chi connectivity index (χ1) is 16.4. The molecule has 0 saturated carbocycles. The van der Waals surface area contributed by atoms with Crippen molar-refractivity contribution in [2.24, 2.45) is 10.7 Å². The number of amidine groups is 1. The third kappa shape index (κ3) is 7.23. The molecule has 1 heterocycles. The van der Waals surface area contributed by atoms with Crippen molar-refractivity contribution in [1.82, 2.24) is 4.90 Å². The van der Waals surface area contributed by atoms with Crippen LogP contribution in [0, 0.1) is 35.2 Å². The van der Waals surface area contributed by atoms with Crippen LogP contribution in [0.5, 0.6) is 0 Å². The van der Waals surface area contributed by atoms with Crippen LogP contribution in [0.15, 0.2) is 35.3 Å². The maximum atomic E-state index is 14.5. The number of aliphatic imine (C=N–C) groups is 1. The van der Waals surface area contributed by atoms with Gasteiger partial charge in [0.25, 0.3) is 6.02 Å². The van der Waals surface area contributed by atoms with Gasteiger partial charge in [0.05, 0.1) is 36.7 Å². The van der Waals surface area contributed by atoms with Crippen molar-refractivity contribution in [2.75, 3.05) is 44.7 Å². The Kier molecular flexibility index (Phi) is 10.4. The van der Waals surface area contributed by atoms with Crippen molar-refractivity contribution in [3.63, 3.8) is 0 Å². The molecule has 10 heteroatoms. The highest BCUT2D eigenvalue weighted by Gasteiger charge is 2.20. The lowest BCUT2D eigenvalue weighted by atomic mass is 10.1. The van der Waals surface area contributed by atoms with E-state index in [-0.39, 0.29) is 22.8 Å². The van der Waals surface area contributed by atoms with Gasteiger partial charge in [-0.3, -0.25) is 10.3 Å². The summed E-state index contributed by atoms with van der Waals surface area (Å²) in [5.41, 5.74) is 5.20. The van der Waals surface area contributed by atoms with E-state index in [1.807, 2.05) is 13.8 Å². The molecule has 182 valence electrons. The average Bonchev–Trinajstić information content (AvgIpc) is 2.85. The van der Waals surface area contributed by atoms with Crippen LogP contribution < -0.4 is 11.1 Å². The predicted molar refractivity (Wildman–Crippen MR) is 127 cm³/mol. The molecule has 0 aliphatic carbocycles. The summed E-state index contributed by atoms with van der Waals surface area (Å²) in [5, 5.41) is 10.6. The number of nitrogens with two attached hydrogens (primary N) is 1. The summed E-state index contributed by atoms with van der Waals surface area (Å²) in [5.74, 6) is -1.57. The SMILES string of the molecule is C#Cc1ccc(Nc2c(C(=N)OC(N)=NCCN3CCOCC3)ccc(F)c2F)c(F)c1.CC. The molecule has 0 bridgehead atoms. The first kappa shape index (κ1) is 26.7. The fourth-order valence-electron chi connectivity index (χ4n) is 3.02. The van der Waals surface area contributed by atoms with Gasteiger partial charge in [-0.15, -0.1) is 6.42 Å². The van der Waals surface area contributed by atoms with E-state index >= 15 is 0 Å². The van der Waals surface area contributed by atoms with Crippen molar-refractivity contribution in [1.29, 1.82) is 5.41 Å². The van der Waals surface area contributed by atoms with Crippen LogP contribution >= 0.6 is 0 Å². The number of nitrogens with zero attached hydrogens (tertiary/aromatic N) is 2. The van der Waals surface area contributed by atoms with Gasteiger partial charge in [0, 0.05) is 25.2 Å². The van der Waals surface area contributed by atoms with Gasteiger partial charge < -0.3 is 20.5 Å². The minimum absolute atomic E-state index is 0.158. The van der Waals surface area contributed by atoms with E-state index in [2.05, 4.69) is 21.1 Å². The summed E-state index contributed by atoms with van der Waals surface area (Å²) in [6.45, 7) is 7.83. The number of anilines is 2. The lowest BCUT2D eigenvalue weighted by molar-refractivity contribution is 0.0394. The number of nitrogens with one attached hydrogen (secondary N) is 2. The lowest BCUT2D eigenvalue weighted by Crippen LogP contribution is -2.38. The predicted octanol–water partition coefficient (Wildman–Crippen LogP) is 3.84. The highest BCUT2D eigenvalue weighted by molar-refractivity contribution is 6.03. The van der Waals surface area contributed by atoms with Crippen LogP contribution in [0.25, 0.3) is 0 Å². The number of morpholine rings is 1. The third-order valence-electron chi connectivity index (χ3n) is 4.73. The summed E-state index contributed by atoms with van der Waals surface area (Å²) in [4.78, 5) is 6.19. The van der Waals surface area contributed by atoms with Crippen LogP contribution in [0.4, 0.5) is 24.5 Å². The molecule has 2 aromatic rings. The Morgan fingerprint density at radius 3 is 2.56 bits per heavy atom. The molecule has 4 N–H and O–H groups in total. The molecule has 34 heavy (non-hydrogen) atoms. The second kappa shape index (κ2) is 13.2. The van der Waals surface area contributed by atoms with Crippen molar-refractivity contribution < 1.29 is 22.6 Å². The number of rotatable bonds is 6. The Balaban J connectivity index is 0.00000199. The van der Waals surface area contributed by atoms with E-state index in [9.17, 15) is 13.2 Å². The van der Waals surface area contributed by atoms with Crippen LogP contribution in [-0.2, 0) is 9.47 Å². The van der Waals surface area contributed by atoms with Gasteiger partial charge in [-0.25, -0.2) is 18.2 Å². The average molecular weight is 476 g/mol. The number of hydrogen-bond acceptors (Lipinski definition) is 6. The van der Waals surface area contributed by atoms with Crippen LogP contribution in [0.2, 0.25) is 0 Å². The summed E-state index contributed by atoms with van der Waals surface area (Å²) >= 11 is 0. The van der Waals surface area contributed by atoms with Gasteiger partial charge in [0.2, 0.25) is 5.90 Å². The van der Waals surface area contributed by atoms with Gasteiger partial charge in [0.15, 0.2) is 11.6 Å². The molecule has 1 aliphatic rings.